The van der Waals surface area contributed by atoms with Crippen LogP contribution in [0.3, 0.4) is 0 Å². The summed E-state index contributed by atoms with van der Waals surface area (Å²) < 4.78 is 30.9. The second kappa shape index (κ2) is 5.60. The third-order valence-corrected chi connectivity index (χ3v) is 2.51. The van der Waals surface area contributed by atoms with Crippen LogP contribution in [-0.2, 0) is 22.0 Å². The van der Waals surface area contributed by atoms with Crippen LogP contribution in [0.1, 0.15) is 5.69 Å². The predicted octanol–water partition coefficient (Wildman–Crippen LogP) is -0.563. The standard InChI is InChI=1S/C9H13N3O4S/c1-12-6-8(11-7-12)2-3-9(13)10-4-5-17(14,15)16/h2-3,6-7H,4-5H2,1H3,(H,10,13)(H,14,15,16)/b3-2+. The third-order valence-electron chi connectivity index (χ3n) is 1.79. The maximum Gasteiger partial charge on any atom is 0.266 e. The Bertz CT molecular complexity index is 518. The van der Waals surface area contributed by atoms with Crippen LogP contribution in [0.5, 0.6) is 0 Å². The molecule has 0 fully saturated rings. The van der Waals surface area contributed by atoms with E-state index in [9.17, 15) is 13.2 Å². The van der Waals surface area contributed by atoms with E-state index in [2.05, 4.69) is 10.3 Å². The van der Waals surface area contributed by atoms with Gasteiger partial charge < -0.3 is 9.88 Å². The van der Waals surface area contributed by atoms with Crippen LogP contribution in [0.15, 0.2) is 18.6 Å². The minimum absolute atomic E-state index is 0.135. The summed E-state index contributed by atoms with van der Waals surface area (Å²) in [6.45, 7) is -0.135. The van der Waals surface area contributed by atoms with Crippen molar-refractivity contribution in [3.63, 3.8) is 0 Å². The highest BCUT2D eigenvalue weighted by molar-refractivity contribution is 7.85. The molecule has 1 aromatic heterocycles. The smallest absolute Gasteiger partial charge is 0.266 e. The highest BCUT2D eigenvalue weighted by atomic mass is 32.2. The lowest BCUT2D eigenvalue weighted by Gasteiger charge is -1.98. The van der Waals surface area contributed by atoms with E-state index in [1.54, 1.807) is 24.1 Å². The van der Waals surface area contributed by atoms with Crippen LogP contribution in [-0.4, -0.2) is 40.7 Å². The average Bonchev–Trinajstić information content (AvgIpc) is 2.59. The fourth-order valence-corrected chi connectivity index (χ4v) is 1.40. The lowest BCUT2D eigenvalue weighted by Crippen LogP contribution is -2.27. The maximum atomic E-state index is 11.2. The molecule has 8 heteroatoms. The predicted molar refractivity (Wildman–Crippen MR) is 61.7 cm³/mol. The molecule has 94 valence electrons. The van der Waals surface area contributed by atoms with Crippen LogP contribution < -0.4 is 5.32 Å². The van der Waals surface area contributed by atoms with Gasteiger partial charge in [0.2, 0.25) is 5.91 Å². The fourth-order valence-electron chi connectivity index (χ4n) is 1.04. The van der Waals surface area contributed by atoms with Gasteiger partial charge in [0.1, 0.15) is 0 Å². The monoisotopic (exact) mass is 259 g/mol. The van der Waals surface area contributed by atoms with E-state index in [1.807, 2.05) is 0 Å². The second-order valence-electron chi connectivity index (χ2n) is 3.37. The lowest BCUT2D eigenvalue weighted by atomic mass is 10.4. The molecule has 0 aliphatic rings. The third kappa shape index (κ3) is 5.83. The van der Waals surface area contributed by atoms with E-state index in [4.69, 9.17) is 4.55 Å². The van der Waals surface area contributed by atoms with E-state index in [0.717, 1.165) is 0 Å². The van der Waals surface area contributed by atoms with Crippen molar-refractivity contribution in [3.05, 3.63) is 24.3 Å². The van der Waals surface area contributed by atoms with Gasteiger partial charge in [-0.3, -0.25) is 9.35 Å². The number of nitrogens with one attached hydrogen (secondary N) is 1. The Morgan fingerprint density at radius 3 is 2.88 bits per heavy atom. The van der Waals surface area contributed by atoms with Gasteiger partial charge in [-0.1, -0.05) is 0 Å². The maximum absolute atomic E-state index is 11.2. The zero-order valence-corrected chi connectivity index (χ0v) is 10.0. The molecule has 0 saturated carbocycles. The molecule has 1 aromatic rings. The Hall–Kier alpha value is -1.67. The number of hydrogen-bond acceptors (Lipinski definition) is 4. The van der Waals surface area contributed by atoms with Crippen molar-refractivity contribution in [1.82, 2.24) is 14.9 Å². The van der Waals surface area contributed by atoms with E-state index >= 15 is 0 Å². The van der Waals surface area contributed by atoms with Gasteiger partial charge in [0.05, 0.1) is 17.8 Å². The number of rotatable bonds is 5. The minimum Gasteiger partial charge on any atom is -0.351 e. The van der Waals surface area contributed by atoms with Crippen LogP contribution in [0.2, 0.25) is 0 Å². The Labute approximate surface area is 98.9 Å². The molecule has 1 amide bonds. The first-order valence-electron chi connectivity index (χ1n) is 4.76. The topological polar surface area (TPSA) is 101 Å². The Balaban J connectivity index is 2.37. The molecule has 0 saturated heterocycles. The molecular formula is C9H13N3O4S. The van der Waals surface area contributed by atoms with Crippen molar-refractivity contribution >= 4 is 22.1 Å². The summed E-state index contributed by atoms with van der Waals surface area (Å²) in [5, 5.41) is 2.32. The van der Waals surface area contributed by atoms with Gasteiger partial charge in [-0.25, -0.2) is 4.98 Å². The first kappa shape index (κ1) is 13.4. The highest BCUT2D eigenvalue weighted by Gasteiger charge is 2.04. The Kier molecular flexibility index (Phi) is 4.41. The molecule has 0 spiro atoms. The number of aryl methyl sites for hydroxylation is 1. The van der Waals surface area contributed by atoms with Crippen LogP contribution in [0.4, 0.5) is 0 Å². The molecule has 7 nitrogen and oxygen atoms in total. The van der Waals surface area contributed by atoms with Gasteiger partial charge in [-0.2, -0.15) is 8.42 Å². The quantitative estimate of drug-likeness (QED) is 0.545. The molecular weight excluding hydrogens is 246 g/mol. The van der Waals surface area contributed by atoms with Gasteiger partial charge in [-0.05, 0) is 6.08 Å². The Morgan fingerprint density at radius 2 is 2.35 bits per heavy atom. The second-order valence-corrected chi connectivity index (χ2v) is 4.95. The molecule has 0 atom stereocenters. The summed E-state index contributed by atoms with van der Waals surface area (Å²) >= 11 is 0. The van der Waals surface area contributed by atoms with Crippen LogP contribution in [0, 0.1) is 0 Å². The average molecular weight is 259 g/mol. The summed E-state index contributed by atoms with van der Waals surface area (Å²) in [6, 6.07) is 0. The first-order valence-corrected chi connectivity index (χ1v) is 6.37. The van der Waals surface area contributed by atoms with Gasteiger partial charge in [0.15, 0.2) is 0 Å². The summed E-state index contributed by atoms with van der Waals surface area (Å²) in [5.41, 5.74) is 0.623. The van der Waals surface area contributed by atoms with Crippen LogP contribution in [0.25, 0.3) is 6.08 Å². The number of nitrogens with zero attached hydrogens (tertiary/aromatic N) is 2. The number of carbonyl (C=O) groups is 1. The van der Waals surface area contributed by atoms with Crippen LogP contribution >= 0.6 is 0 Å². The molecule has 0 aliphatic carbocycles. The van der Waals surface area contributed by atoms with Crippen molar-refractivity contribution in [2.24, 2.45) is 7.05 Å². The first-order chi connectivity index (χ1) is 7.87. The zero-order valence-electron chi connectivity index (χ0n) is 9.20. The van der Waals surface area contributed by atoms with E-state index in [1.165, 1.54) is 12.2 Å². The van der Waals surface area contributed by atoms with E-state index in [0.29, 0.717) is 5.69 Å². The largest absolute Gasteiger partial charge is 0.351 e. The van der Waals surface area contributed by atoms with Crippen molar-refractivity contribution in [3.8, 4) is 0 Å². The summed E-state index contributed by atoms with van der Waals surface area (Å²) in [5.74, 6) is -0.949. The van der Waals surface area contributed by atoms with Crippen molar-refractivity contribution < 1.29 is 17.8 Å². The number of imidazole rings is 1. The summed E-state index contributed by atoms with van der Waals surface area (Å²) in [6.07, 6.45) is 6.06. The molecule has 0 bridgehead atoms. The molecule has 2 N–H and O–H groups in total. The fraction of sp³-hybridized carbons (Fsp3) is 0.333. The van der Waals surface area contributed by atoms with Gasteiger partial charge in [-0.15, -0.1) is 0 Å². The van der Waals surface area contributed by atoms with Crippen molar-refractivity contribution in [2.75, 3.05) is 12.3 Å². The molecule has 0 aromatic carbocycles. The molecule has 17 heavy (non-hydrogen) atoms. The number of carbonyl (C=O) groups excluding carboxylic acids is 1. The SMILES string of the molecule is Cn1cnc(/C=C/C(=O)NCCS(=O)(=O)O)c1. The van der Waals surface area contributed by atoms with Crippen molar-refractivity contribution in [1.29, 1.82) is 0 Å². The van der Waals surface area contributed by atoms with Gasteiger partial charge in [0.25, 0.3) is 10.1 Å². The normalized spacial score (nSPS) is 11.9. The van der Waals surface area contributed by atoms with E-state index < -0.39 is 21.8 Å². The molecule has 1 heterocycles. The van der Waals surface area contributed by atoms with Gasteiger partial charge in [0, 0.05) is 25.9 Å². The van der Waals surface area contributed by atoms with E-state index in [-0.39, 0.29) is 6.54 Å². The summed E-state index contributed by atoms with van der Waals surface area (Å²) in [4.78, 5) is 15.2. The van der Waals surface area contributed by atoms with Gasteiger partial charge >= 0.3 is 0 Å². The summed E-state index contributed by atoms with van der Waals surface area (Å²) in [7, 11) is -2.24. The minimum atomic E-state index is -4.04. The lowest BCUT2D eigenvalue weighted by molar-refractivity contribution is -0.116. The molecule has 0 aliphatic heterocycles. The Morgan fingerprint density at radius 1 is 1.65 bits per heavy atom. The number of hydrogen-bond donors (Lipinski definition) is 2. The number of aromatic nitrogens is 2. The molecule has 0 unspecified atom stereocenters. The zero-order chi connectivity index (χ0) is 12.9. The number of amides is 1. The molecule has 1 rings (SSSR count). The molecule has 0 radical (unpaired) electrons. The highest BCUT2D eigenvalue weighted by Crippen LogP contribution is 1.96. The van der Waals surface area contributed by atoms with Crippen molar-refractivity contribution in [2.45, 2.75) is 0 Å².